The molecule has 0 aromatic carbocycles. The molecular formula is C12H23N3O2. The number of nitrogens with zero attached hydrogens (tertiary/aromatic N) is 2. The van der Waals surface area contributed by atoms with Gasteiger partial charge in [0.25, 0.3) is 0 Å². The standard InChI is InChI=1S/C12H23N3O2/c1-9(2)12(3,7-13)15-8-14-6-10(15)11(16-4)17-5/h6,8-9,11H,7,13H2,1-5H3. The molecule has 1 aromatic heterocycles. The zero-order valence-electron chi connectivity index (χ0n) is 11.3. The Kier molecular flexibility index (Phi) is 4.68. The fourth-order valence-electron chi connectivity index (χ4n) is 1.86. The summed E-state index contributed by atoms with van der Waals surface area (Å²) in [6.07, 6.45) is 3.13. The van der Waals surface area contributed by atoms with Crippen molar-refractivity contribution in [1.82, 2.24) is 9.55 Å². The third-order valence-electron chi connectivity index (χ3n) is 3.54. The minimum Gasteiger partial charge on any atom is -0.350 e. The first-order chi connectivity index (χ1) is 8.01. The number of methoxy groups -OCH3 is 2. The number of imidazole rings is 1. The van der Waals surface area contributed by atoms with Crippen molar-refractivity contribution in [1.29, 1.82) is 0 Å². The lowest BCUT2D eigenvalue weighted by atomic mass is 9.88. The molecule has 5 heteroatoms. The summed E-state index contributed by atoms with van der Waals surface area (Å²) in [5.74, 6) is 0.384. The molecule has 5 nitrogen and oxygen atoms in total. The molecule has 0 fully saturated rings. The SMILES string of the molecule is COC(OC)c1cncn1C(C)(CN)C(C)C. The van der Waals surface area contributed by atoms with E-state index in [1.165, 1.54) is 0 Å². The highest BCUT2D eigenvalue weighted by Gasteiger charge is 2.32. The Hall–Kier alpha value is -0.910. The van der Waals surface area contributed by atoms with Gasteiger partial charge in [0.05, 0.1) is 23.8 Å². The Balaban J connectivity index is 3.18. The maximum Gasteiger partial charge on any atom is 0.200 e. The van der Waals surface area contributed by atoms with Gasteiger partial charge in [0.1, 0.15) is 0 Å². The van der Waals surface area contributed by atoms with E-state index in [4.69, 9.17) is 15.2 Å². The molecule has 0 radical (unpaired) electrons. The molecular weight excluding hydrogens is 218 g/mol. The average Bonchev–Trinajstić information content (AvgIpc) is 2.79. The summed E-state index contributed by atoms with van der Waals surface area (Å²) in [5, 5.41) is 0. The molecule has 1 unspecified atom stereocenters. The lowest BCUT2D eigenvalue weighted by molar-refractivity contribution is -0.112. The maximum atomic E-state index is 5.92. The summed E-state index contributed by atoms with van der Waals surface area (Å²) in [4.78, 5) is 4.18. The Labute approximate surface area is 103 Å². The van der Waals surface area contributed by atoms with E-state index in [0.29, 0.717) is 12.5 Å². The van der Waals surface area contributed by atoms with Crippen LogP contribution >= 0.6 is 0 Å². The van der Waals surface area contributed by atoms with Gasteiger partial charge in [-0.3, -0.25) is 0 Å². The molecule has 2 N–H and O–H groups in total. The number of nitrogens with two attached hydrogens (primary N) is 1. The van der Waals surface area contributed by atoms with E-state index in [-0.39, 0.29) is 5.54 Å². The molecule has 1 heterocycles. The lowest BCUT2D eigenvalue weighted by Gasteiger charge is -2.36. The normalized spacial score (nSPS) is 15.5. The van der Waals surface area contributed by atoms with Gasteiger partial charge in [-0.25, -0.2) is 4.98 Å². The summed E-state index contributed by atoms with van der Waals surface area (Å²) < 4.78 is 12.6. The van der Waals surface area contributed by atoms with Crippen molar-refractivity contribution in [3.8, 4) is 0 Å². The van der Waals surface area contributed by atoms with E-state index < -0.39 is 6.29 Å². The first-order valence-corrected chi connectivity index (χ1v) is 5.79. The molecule has 0 saturated carbocycles. The van der Waals surface area contributed by atoms with Crippen LogP contribution in [0.2, 0.25) is 0 Å². The molecule has 1 aromatic rings. The maximum absolute atomic E-state index is 5.92. The summed E-state index contributed by atoms with van der Waals surface area (Å²) >= 11 is 0. The van der Waals surface area contributed by atoms with E-state index in [0.717, 1.165) is 5.69 Å². The van der Waals surface area contributed by atoms with Gasteiger partial charge in [-0.15, -0.1) is 0 Å². The summed E-state index contributed by atoms with van der Waals surface area (Å²) in [6.45, 7) is 6.94. The van der Waals surface area contributed by atoms with E-state index in [1.54, 1.807) is 26.7 Å². The monoisotopic (exact) mass is 241 g/mol. The van der Waals surface area contributed by atoms with E-state index >= 15 is 0 Å². The quantitative estimate of drug-likeness (QED) is 0.767. The summed E-state index contributed by atoms with van der Waals surface area (Å²) in [5.41, 5.74) is 6.61. The molecule has 0 spiro atoms. The van der Waals surface area contributed by atoms with Crippen molar-refractivity contribution < 1.29 is 9.47 Å². The third kappa shape index (κ3) is 2.51. The molecule has 17 heavy (non-hydrogen) atoms. The van der Waals surface area contributed by atoms with Crippen LogP contribution in [0.15, 0.2) is 12.5 Å². The predicted octanol–water partition coefficient (Wildman–Crippen LogP) is 1.50. The minimum absolute atomic E-state index is 0.193. The van der Waals surface area contributed by atoms with Gasteiger partial charge in [0, 0.05) is 20.8 Å². The smallest absolute Gasteiger partial charge is 0.200 e. The van der Waals surface area contributed by atoms with Gasteiger partial charge in [0.15, 0.2) is 6.29 Å². The predicted molar refractivity (Wildman–Crippen MR) is 66.5 cm³/mol. The van der Waals surface area contributed by atoms with Crippen molar-refractivity contribution in [3.05, 3.63) is 18.2 Å². The van der Waals surface area contributed by atoms with Crippen molar-refractivity contribution >= 4 is 0 Å². The van der Waals surface area contributed by atoms with Crippen LogP contribution in [0.25, 0.3) is 0 Å². The Morgan fingerprint density at radius 3 is 2.41 bits per heavy atom. The molecule has 0 saturated heterocycles. The van der Waals surface area contributed by atoms with Crippen molar-refractivity contribution in [3.63, 3.8) is 0 Å². The Morgan fingerprint density at radius 1 is 1.41 bits per heavy atom. The molecule has 0 amide bonds. The van der Waals surface area contributed by atoms with Crippen LogP contribution in [0, 0.1) is 5.92 Å². The van der Waals surface area contributed by atoms with E-state index in [2.05, 4.69) is 30.3 Å². The van der Waals surface area contributed by atoms with Gasteiger partial charge >= 0.3 is 0 Å². The van der Waals surface area contributed by atoms with Crippen LogP contribution in [0.4, 0.5) is 0 Å². The van der Waals surface area contributed by atoms with Crippen LogP contribution in [0.1, 0.15) is 32.8 Å². The fraction of sp³-hybridized carbons (Fsp3) is 0.750. The zero-order chi connectivity index (χ0) is 13.1. The highest BCUT2D eigenvalue weighted by Crippen LogP contribution is 2.29. The van der Waals surface area contributed by atoms with Crippen LogP contribution in [0.5, 0.6) is 0 Å². The third-order valence-corrected chi connectivity index (χ3v) is 3.54. The molecule has 0 bridgehead atoms. The molecule has 98 valence electrons. The fourth-order valence-corrected chi connectivity index (χ4v) is 1.86. The largest absolute Gasteiger partial charge is 0.350 e. The molecule has 0 aliphatic heterocycles. The molecule has 1 rings (SSSR count). The van der Waals surface area contributed by atoms with Gasteiger partial charge in [0.2, 0.25) is 0 Å². The molecule has 1 atom stereocenters. The van der Waals surface area contributed by atoms with Gasteiger partial charge < -0.3 is 19.8 Å². The molecule has 0 aliphatic carbocycles. The van der Waals surface area contributed by atoms with E-state index in [9.17, 15) is 0 Å². The number of rotatable bonds is 6. The van der Waals surface area contributed by atoms with E-state index in [1.807, 2.05) is 0 Å². The summed E-state index contributed by atoms with van der Waals surface area (Å²) in [6, 6.07) is 0. The summed E-state index contributed by atoms with van der Waals surface area (Å²) in [7, 11) is 3.22. The van der Waals surface area contributed by atoms with Gasteiger partial charge in [-0.1, -0.05) is 13.8 Å². The number of aromatic nitrogens is 2. The van der Waals surface area contributed by atoms with Crippen molar-refractivity contribution in [2.45, 2.75) is 32.6 Å². The second kappa shape index (κ2) is 5.62. The number of hydrogen-bond acceptors (Lipinski definition) is 4. The van der Waals surface area contributed by atoms with Crippen molar-refractivity contribution in [2.24, 2.45) is 11.7 Å². The highest BCUT2D eigenvalue weighted by molar-refractivity contribution is 5.06. The second-order valence-corrected chi connectivity index (χ2v) is 4.71. The lowest BCUT2D eigenvalue weighted by Crippen LogP contribution is -2.43. The number of hydrogen-bond donors (Lipinski definition) is 1. The topological polar surface area (TPSA) is 62.3 Å². The van der Waals surface area contributed by atoms with Crippen molar-refractivity contribution in [2.75, 3.05) is 20.8 Å². The average molecular weight is 241 g/mol. The Bertz CT molecular complexity index is 347. The van der Waals surface area contributed by atoms with Crippen LogP contribution < -0.4 is 5.73 Å². The highest BCUT2D eigenvalue weighted by atomic mass is 16.7. The minimum atomic E-state index is -0.415. The first-order valence-electron chi connectivity index (χ1n) is 5.79. The molecule has 0 aliphatic rings. The first kappa shape index (κ1) is 14.2. The zero-order valence-corrected chi connectivity index (χ0v) is 11.3. The van der Waals surface area contributed by atoms with Gasteiger partial charge in [-0.2, -0.15) is 0 Å². The van der Waals surface area contributed by atoms with Crippen LogP contribution in [0.3, 0.4) is 0 Å². The number of ether oxygens (including phenoxy) is 2. The van der Waals surface area contributed by atoms with Gasteiger partial charge in [-0.05, 0) is 12.8 Å². The van der Waals surface area contributed by atoms with Crippen LogP contribution in [-0.4, -0.2) is 30.3 Å². The van der Waals surface area contributed by atoms with Crippen LogP contribution in [-0.2, 0) is 15.0 Å². The second-order valence-electron chi connectivity index (χ2n) is 4.71. The Morgan fingerprint density at radius 2 is 2.00 bits per heavy atom.